The fraction of sp³-hybridized carbons (Fsp3) is 0.300. The molecule has 0 unspecified atom stereocenters. The largest absolute Gasteiger partial charge is 1.00 e. The Morgan fingerprint density at radius 2 is 1.61 bits per heavy atom. The quantitative estimate of drug-likeness (QED) is 0.389. The van der Waals surface area contributed by atoms with Crippen LogP contribution in [-0.2, 0) is 9.09 Å². The summed E-state index contributed by atoms with van der Waals surface area (Å²) in [5.74, 6) is -1.13. The molecule has 1 rings (SSSR count). The van der Waals surface area contributed by atoms with Gasteiger partial charge in [-0.1, -0.05) is 6.07 Å². The maximum atomic E-state index is 11.4. The smallest absolute Gasteiger partial charge is 0.780 e. The molecule has 5 nitrogen and oxygen atoms in total. The van der Waals surface area contributed by atoms with Gasteiger partial charge in [-0.05, 0) is 43.5 Å². The summed E-state index contributed by atoms with van der Waals surface area (Å²) in [5, 5.41) is 0. The van der Waals surface area contributed by atoms with E-state index in [1.165, 1.54) is 6.07 Å². The van der Waals surface area contributed by atoms with Crippen LogP contribution in [-0.4, -0.2) is 5.97 Å². The van der Waals surface area contributed by atoms with Crippen molar-refractivity contribution in [3.8, 4) is 0 Å². The average Bonchev–Trinajstić information content (AvgIpc) is 2.11. The van der Waals surface area contributed by atoms with E-state index in [1.807, 2.05) is 6.92 Å². The number of benzene rings is 1. The summed E-state index contributed by atoms with van der Waals surface area (Å²) < 4.78 is 14.1. The maximum absolute atomic E-state index is 11.4. The molecule has 88 valence electrons. The summed E-state index contributed by atoms with van der Waals surface area (Å²) in [6.45, 7) is 5.33. The number of carbonyl (C=O) groups excluding carboxylic acids is 1. The molecule has 1 aromatic carbocycles. The molecule has 0 saturated heterocycles. The minimum atomic E-state index is -5.28. The van der Waals surface area contributed by atoms with Crippen LogP contribution in [0.4, 0.5) is 0 Å². The van der Waals surface area contributed by atoms with Crippen LogP contribution >= 0.6 is 7.82 Å². The first-order valence-electron chi connectivity index (χ1n) is 4.55. The zero-order valence-corrected chi connectivity index (χ0v) is 12.0. The van der Waals surface area contributed by atoms with Gasteiger partial charge in [-0.3, -0.25) is 0 Å². The van der Waals surface area contributed by atoms with Crippen LogP contribution in [0.5, 0.6) is 0 Å². The van der Waals surface area contributed by atoms with E-state index in [0.29, 0.717) is 5.56 Å². The van der Waals surface area contributed by atoms with E-state index in [1.54, 1.807) is 19.9 Å². The molecular weight excluding hydrogens is 245 g/mol. The van der Waals surface area contributed by atoms with Crippen molar-refractivity contribution in [2.45, 2.75) is 20.8 Å². The third-order valence-electron chi connectivity index (χ3n) is 2.47. The molecule has 0 radical (unpaired) electrons. The summed E-state index contributed by atoms with van der Waals surface area (Å²) in [4.78, 5) is 32.0. The fourth-order valence-corrected chi connectivity index (χ4v) is 1.63. The Bertz CT molecular complexity index is 483. The summed E-state index contributed by atoms with van der Waals surface area (Å²) in [6, 6.07) is 3.11. The van der Waals surface area contributed by atoms with Crippen LogP contribution in [0.25, 0.3) is 0 Å². The predicted molar refractivity (Wildman–Crippen MR) is 53.7 cm³/mol. The Morgan fingerprint density at radius 1 is 1.11 bits per heavy atom. The molecule has 0 aliphatic rings. The zero-order valence-electron chi connectivity index (χ0n) is 11.1. The second-order valence-electron chi connectivity index (χ2n) is 3.51. The van der Waals surface area contributed by atoms with E-state index >= 15 is 0 Å². The van der Waals surface area contributed by atoms with Crippen molar-refractivity contribution in [2.24, 2.45) is 0 Å². The Hall–Kier alpha value is 0.0348. The van der Waals surface area contributed by atoms with Gasteiger partial charge in [0, 0.05) is 0 Å². The van der Waals surface area contributed by atoms with Crippen molar-refractivity contribution < 1.29 is 61.4 Å². The minimum absolute atomic E-state index is 0. The molecular formula is C10H11Li2O5P. The van der Waals surface area contributed by atoms with E-state index in [-0.39, 0.29) is 43.3 Å². The molecule has 0 saturated carbocycles. The molecule has 0 atom stereocenters. The number of rotatable bonds is 2. The molecule has 0 heterocycles. The maximum Gasteiger partial charge on any atom is 1.00 e. The Balaban J connectivity index is 0. The van der Waals surface area contributed by atoms with Gasteiger partial charge in [0.15, 0.2) is 0 Å². The molecule has 0 N–H and O–H groups in total. The van der Waals surface area contributed by atoms with Gasteiger partial charge in [0.05, 0.1) is 5.56 Å². The second-order valence-corrected chi connectivity index (χ2v) is 4.58. The number of phosphoric ester groups is 1. The van der Waals surface area contributed by atoms with Crippen molar-refractivity contribution in [3.05, 3.63) is 34.4 Å². The van der Waals surface area contributed by atoms with Gasteiger partial charge in [0.2, 0.25) is 0 Å². The molecule has 1 aromatic rings. The van der Waals surface area contributed by atoms with Crippen LogP contribution in [0.15, 0.2) is 12.1 Å². The Kier molecular flexibility index (Phi) is 8.57. The topological polar surface area (TPSA) is 89.5 Å². The van der Waals surface area contributed by atoms with Gasteiger partial charge in [-0.15, -0.1) is 0 Å². The van der Waals surface area contributed by atoms with E-state index in [0.717, 1.165) is 11.1 Å². The van der Waals surface area contributed by atoms with Gasteiger partial charge in [0.1, 0.15) is 7.82 Å². The number of carbonyl (C=O) groups is 1. The summed E-state index contributed by atoms with van der Waals surface area (Å²) >= 11 is 0. The van der Waals surface area contributed by atoms with Gasteiger partial charge in [0.25, 0.3) is 0 Å². The van der Waals surface area contributed by atoms with Gasteiger partial charge >= 0.3 is 43.7 Å². The van der Waals surface area contributed by atoms with E-state index in [4.69, 9.17) is 0 Å². The normalized spacial score (nSPS) is 10.1. The van der Waals surface area contributed by atoms with Crippen molar-refractivity contribution in [1.82, 2.24) is 0 Å². The third-order valence-corrected chi connectivity index (χ3v) is 2.86. The van der Waals surface area contributed by atoms with Crippen LogP contribution in [0.2, 0.25) is 0 Å². The number of hydrogen-bond acceptors (Lipinski definition) is 5. The molecule has 0 amide bonds. The average molecular weight is 256 g/mol. The fourth-order valence-electron chi connectivity index (χ4n) is 1.33. The molecule has 0 aliphatic carbocycles. The molecule has 8 heteroatoms. The van der Waals surface area contributed by atoms with Crippen molar-refractivity contribution in [1.29, 1.82) is 0 Å². The Morgan fingerprint density at radius 3 is 2.06 bits per heavy atom. The van der Waals surface area contributed by atoms with Crippen LogP contribution in [0.3, 0.4) is 0 Å². The van der Waals surface area contributed by atoms with Crippen LogP contribution in [0.1, 0.15) is 27.0 Å². The number of aryl methyl sites for hydroxylation is 1. The van der Waals surface area contributed by atoms with Crippen LogP contribution in [0, 0.1) is 20.8 Å². The van der Waals surface area contributed by atoms with Crippen molar-refractivity contribution >= 4 is 13.8 Å². The first-order chi connectivity index (χ1) is 7.22. The van der Waals surface area contributed by atoms with Crippen molar-refractivity contribution in [2.75, 3.05) is 0 Å². The first kappa shape index (κ1) is 20.4. The van der Waals surface area contributed by atoms with Crippen molar-refractivity contribution in [3.63, 3.8) is 0 Å². The van der Waals surface area contributed by atoms with Crippen LogP contribution < -0.4 is 47.5 Å². The SMILES string of the molecule is Cc1ccc(C(=O)OP(=O)([O-])[O-])c(C)c1C.[Li+].[Li+]. The molecule has 18 heavy (non-hydrogen) atoms. The molecule has 0 fully saturated rings. The van der Waals surface area contributed by atoms with E-state index in [2.05, 4.69) is 4.52 Å². The van der Waals surface area contributed by atoms with Gasteiger partial charge in [-0.2, -0.15) is 0 Å². The molecule has 0 spiro atoms. The minimum Gasteiger partial charge on any atom is -0.780 e. The Labute approximate surface area is 130 Å². The van der Waals surface area contributed by atoms with Gasteiger partial charge in [-0.25, -0.2) is 4.79 Å². The first-order valence-corrected chi connectivity index (χ1v) is 6.01. The summed E-state index contributed by atoms with van der Waals surface area (Å²) in [6.07, 6.45) is 0. The second kappa shape index (κ2) is 7.58. The molecule has 0 aliphatic heterocycles. The zero-order chi connectivity index (χ0) is 12.5. The monoisotopic (exact) mass is 256 g/mol. The predicted octanol–water partition coefficient (Wildman–Crippen LogP) is -5.39. The molecule has 0 aromatic heterocycles. The molecule has 0 bridgehead atoms. The van der Waals surface area contributed by atoms with E-state index in [9.17, 15) is 19.1 Å². The van der Waals surface area contributed by atoms with E-state index < -0.39 is 13.8 Å². The third kappa shape index (κ3) is 5.35. The number of phosphoric acid groups is 1. The standard InChI is InChI=1S/C10H13O5P.2Li/c1-6-4-5-9(8(3)7(6)2)10(11)15-16(12,13)14;;/h4-5H,1-3H3,(H2,12,13,14);;/q;2*+1/p-2. The summed E-state index contributed by atoms with van der Waals surface area (Å²) in [7, 11) is -5.28. The number of hydrogen-bond donors (Lipinski definition) is 0. The summed E-state index contributed by atoms with van der Waals surface area (Å²) in [5.41, 5.74) is 2.54. The van der Waals surface area contributed by atoms with Gasteiger partial charge < -0.3 is 18.9 Å².